The van der Waals surface area contributed by atoms with Crippen LogP contribution in [0.25, 0.3) is 11.3 Å². The highest BCUT2D eigenvalue weighted by Crippen LogP contribution is 2.31. The molecule has 0 aliphatic heterocycles. The maximum absolute atomic E-state index is 13.3. The minimum atomic E-state index is -4.13. The van der Waals surface area contributed by atoms with Gasteiger partial charge in [-0.2, -0.15) is 13.5 Å². The van der Waals surface area contributed by atoms with Crippen molar-refractivity contribution in [3.63, 3.8) is 0 Å². The van der Waals surface area contributed by atoms with Crippen molar-refractivity contribution in [3.8, 4) is 17.0 Å². The van der Waals surface area contributed by atoms with Crippen molar-refractivity contribution in [2.24, 2.45) is 0 Å². The van der Waals surface area contributed by atoms with Crippen LogP contribution >= 0.6 is 11.6 Å². The number of nitrogens with zero attached hydrogens (tertiary/aromatic N) is 2. The van der Waals surface area contributed by atoms with E-state index in [0.717, 1.165) is 18.2 Å². The Labute approximate surface area is 148 Å². The lowest BCUT2D eigenvalue weighted by Gasteiger charge is -2.07. The molecule has 3 aromatic rings. The van der Waals surface area contributed by atoms with Gasteiger partial charge in [0.25, 0.3) is 10.0 Å². The molecule has 6 nitrogen and oxygen atoms in total. The molecule has 0 radical (unpaired) electrons. The number of halogens is 2. The third-order valence-corrected chi connectivity index (χ3v) is 5.39. The Morgan fingerprint density at radius 2 is 1.92 bits per heavy atom. The quantitative estimate of drug-likeness (QED) is 0.750. The van der Waals surface area contributed by atoms with E-state index in [1.807, 2.05) is 0 Å². The summed E-state index contributed by atoms with van der Waals surface area (Å²) in [5.41, 5.74) is 6.75. The summed E-state index contributed by atoms with van der Waals surface area (Å²) in [4.78, 5) is -0.222. The summed E-state index contributed by atoms with van der Waals surface area (Å²) in [6, 6.07) is 11.5. The van der Waals surface area contributed by atoms with Crippen molar-refractivity contribution in [1.82, 2.24) is 9.19 Å². The van der Waals surface area contributed by atoms with Gasteiger partial charge in [-0.25, -0.2) is 4.39 Å². The molecule has 0 saturated carbocycles. The smallest absolute Gasteiger partial charge is 0.284 e. The fraction of sp³-hybridized carbons (Fsp3) is 0.0625. The normalized spacial score (nSPS) is 11.5. The third-order valence-electron chi connectivity index (χ3n) is 3.50. The Balaban J connectivity index is 2.12. The van der Waals surface area contributed by atoms with Crippen LogP contribution in [-0.2, 0) is 10.0 Å². The molecule has 2 aromatic carbocycles. The lowest BCUT2D eigenvalue weighted by Crippen LogP contribution is -2.17. The predicted molar refractivity (Wildman–Crippen MR) is 92.6 cm³/mol. The van der Waals surface area contributed by atoms with Gasteiger partial charge in [0.1, 0.15) is 17.4 Å². The van der Waals surface area contributed by atoms with Crippen LogP contribution in [0.15, 0.2) is 53.4 Å². The van der Waals surface area contributed by atoms with E-state index in [4.69, 9.17) is 22.1 Å². The average Bonchev–Trinajstić information content (AvgIpc) is 2.99. The van der Waals surface area contributed by atoms with E-state index in [2.05, 4.69) is 5.10 Å². The zero-order chi connectivity index (χ0) is 18.2. The molecular weight excluding hydrogens is 369 g/mol. The molecule has 0 spiro atoms. The summed E-state index contributed by atoms with van der Waals surface area (Å²) in [6.07, 6.45) is 0. The average molecular weight is 382 g/mol. The number of nitrogen functional groups attached to an aromatic ring is 1. The first-order valence-electron chi connectivity index (χ1n) is 7.04. The number of anilines is 1. The first-order chi connectivity index (χ1) is 11.8. The molecule has 0 aliphatic rings. The minimum absolute atomic E-state index is 0.0960. The molecule has 0 atom stereocenters. The van der Waals surface area contributed by atoms with Crippen molar-refractivity contribution in [1.29, 1.82) is 0 Å². The van der Waals surface area contributed by atoms with Gasteiger partial charge in [0, 0.05) is 11.6 Å². The molecule has 0 fully saturated rings. The fourth-order valence-electron chi connectivity index (χ4n) is 2.30. The fourth-order valence-corrected chi connectivity index (χ4v) is 3.77. The van der Waals surface area contributed by atoms with Crippen molar-refractivity contribution in [2.75, 3.05) is 12.8 Å². The Morgan fingerprint density at radius 1 is 1.20 bits per heavy atom. The zero-order valence-electron chi connectivity index (χ0n) is 13.0. The van der Waals surface area contributed by atoms with Gasteiger partial charge in [0.2, 0.25) is 0 Å². The van der Waals surface area contributed by atoms with Gasteiger partial charge in [-0.05, 0) is 30.3 Å². The molecule has 3 rings (SSSR count). The van der Waals surface area contributed by atoms with Crippen molar-refractivity contribution >= 4 is 27.4 Å². The second-order valence-electron chi connectivity index (χ2n) is 5.08. The number of rotatable bonds is 4. The van der Waals surface area contributed by atoms with Crippen LogP contribution in [0.4, 0.5) is 10.2 Å². The maximum atomic E-state index is 13.3. The topological polar surface area (TPSA) is 87.2 Å². The number of nitrogens with two attached hydrogens (primary N) is 1. The van der Waals surface area contributed by atoms with Gasteiger partial charge in [-0.1, -0.05) is 23.7 Å². The number of benzene rings is 2. The summed E-state index contributed by atoms with van der Waals surface area (Å²) in [5, 5.41) is 3.77. The van der Waals surface area contributed by atoms with Gasteiger partial charge < -0.3 is 10.5 Å². The van der Waals surface area contributed by atoms with Crippen LogP contribution in [0.2, 0.25) is 5.02 Å². The van der Waals surface area contributed by atoms with E-state index in [1.165, 1.54) is 13.2 Å². The molecule has 0 bridgehead atoms. The van der Waals surface area contributed by atoms with Crippen LogP contribution in [0.1, 0.15) is 0 Å². The number of hydrogen-bond acceptors (Lipinski definition) is 5. The molecular formula is C16H13ClFN3O3S. The SMILES string of the molecule is COc1ccccc1-c1cc(N)n(S(=O)(=O)c2ccc(F)c(Cl)c2)n1. The number of methoxy groups -OCH3 is 1. The van der Waals surface area contributed by atoms with Crippen molar-refractivity contribution in [3.05, 3.63) is 59.4 Å². The standard InChI is InChI=1S/C16H13ClFN3O3S/c1-24-15-5-3-2-4-11(15)14-9-16(19)21(20-14)25(22,23)10-6-7-13(18)12(17)8-10/h2-9H,19H2,1H3. The van der Waals surface area contributed by atoms with Crippen LogP contribution < -0.4 is 10.5 Å². The van der Waals surface area contributed by atoms with Crippen LogP contribution in [0, 0.1) is 5.82 Å². The van der Waals surface area contributed by atoms with Crippen LogP contribution in [0.3, 0.4) is 0 Å². The van der Waals surface area contributed by atoms with E-state index >= 15 is 0 Å². The first kappa shape index (κ1) is 17.2. The summed E-state index contributed by atoms with van der Waals surface area (Å²) >= 11 is 5.67. The summed E-state index contributed by atoms with van der Waals surface area (Å²) in [5.74, 6) is -0.292. The van der Waals surface area contributed by atoms with Gasteiger partial charge in [-0.15, -0.1) is 4.09 Å². The molecule has 1 aromatic heterocycles. The minimum Gasteiger partial charge on any atom is -0.496 e. The van der Waals surface area contributed by atoms with Crippen LogP contribution in [0.5, 0.6) is 5.75 Å². The van der Waals surface area contributed by atoms with E-state index in [1.54, 1.807) is 24.3 Å². The predicted octanol–water partition coefficient (Wildman–Crippen LogP) is 3.17. The molecule has 1 heterocycles. The molecule has 0 unspecified atom stereocenters. The second-order valence-corrected chi connectivity index (χ2v) is 7.25. The monoisotopic (exact) mass is 381 g/mol. The number of hydrogen-bond donors (Lipinski definition) is 1. The molecule has 0 aliphatic carbocycles. The number of aromatic nitrogens is 2. The Kier molecular flexibility index (Phi) is 4.40. The highest BCUT2D eigenvalue weighted by molar-refractivity contribution is 7.90. The number of para-hydroxylation sites is 1. The second kappa shape index (κ2) is 6.38. The molecule has 25 heavy (non-hydrogen) atoms. The Morgan fingerprint density at radius 3 is 2.60 bits per heavy atom. The Bertz CT molecular complexity index is 1050. The summed E-state index contributed by atoms with van der Waals surface area (Å²) < 4.78 is 44.7. The summed E-state index contributed by atoms with van der Waals surface area (Å²) in [7, 11) is -2.63. The van der Waals surface area contributed by atoms with Crippen molar-refractivity contribution in [2.45, 2.75) is 4.90 Å². The van der Waals surface area contributed by atoms with Gasteiger partial charge >= 0.3 is 0 Å². The molecule has 2 N–H and O–H groups in total. The van der Waals surface area contributed by atoms with Gasteiger partial charge in [-0.3, -0.25) is 0 Å². The summed E-state index contributed by atoms with van der Waals surface area (Å²) in [6.45, 7) is 0. The Hall–Kier alpha value is -2.58. The largest absolute Gasteiger partial charge is 0.496 e. The highest BCUT2D eigenvalue weighted by Gasteiger charge is 2.23. The molecule has 0 saturated heterocycles. The maximum Gasteiger partial charge on any atom is 0.284 e. The molecule has 130 valence electrons. The van der Waals surface area contributed by atoms with E-state index < -0.39 is 15.8 Å². The lowest BCUT2D eigenvalue weighted by atomic mass is 10.1. The van der Waals surface area contributed by atoms with Crippen molar-refractivity contribution < 1.29 is 17.5 Å². The van der Waals surface area contributed by atoms with E-state index in [0.29, 0.717) is 21.1 Å². The molecule has 0 amide bonds. The van der Waals surface area contributed by atoms with E-state index in [9.17, 15) is 12.8 Å². The zero-order valence-corrected chi connectivity index (χ0v) is 14.6. The van der Waals surface area contributed by atoms with Crippen LogP contribution in [-0.4, -0.2) is 24.7 Å². The highest BCUT2D eigenvalue weighted by atomic mass is 35.5. The third kappa shape index (κ3) is 3.06. The van der Waals surface area contributed by atoms with Gasteiger partial charge in [0.05, 0.1) is 22.7 Å². The van der Waals surface area contributed by atoms with Gasteiger partial charge in [0.15, 0.2) is 0 Å². The first-order valence-corrected chi connectivity index (χ1v) is 8.86. The van der Waals surface area contributed by atoms with E-state index in [-0.39, 0.29) is 15.7 Å². The number of ether oxygens (including phenoxy) is 1. The molecule has 9 heteroatoms. The lowest BCUT2D eigenvalue weighted by molar-refractivity contribution is 0.416.